The minimum absolute atomic E-state index is 0.578. The lowest BCUT2D eigenvalue weighted by molar-refractivity contribution is -0.704. The van der Waals surface area contributed by atoms with Gasteiger partial charge in [-0.3, -0.25) is 0 Å². The summed E-state index contributed by atoms with van der Waals surface area (Å²) >= 11 is 0. The van der Waals surface area contributed by atoms with E-state index in [1.165, 1.54) is 37.9 Å². The third kappa shape index (κ3) is 3.36. The van der Waals surface area contributed by atoms with E-state index in [1.54, 1.807) is 0 Å². The van der Waals surface area contributed by atoms with E-state index in [-0.39, 0.29) is 0 Å². The number of imidazole rings is 1. The van der Waals surface area contributed by atoms with Crippen LogP contribution in [-0.2, 0) is 13.0 Å². The zero-order valence-electron chi connectivity index (χ0n) is 11.4. The number of hydrogen-bond acceptors (Lipinski definition) is 0. The summed E-state index contributed by atoms with van der Waals surface area (Å²) in [7, 11) is 0. The topological polar surface area (TPSA) is 8.81 Å². The molecule has 0 aliphatic heterocycles. The summed E-state index contributed by atoms with van der Waals surface area (Å²) in [6.45, 7) is 10.2. The summed E-state index contributed by atoms with van der Waals surface area (Å²) in [5.74, 6) is 1.50. The van der Waals surface area contributed by atoms with E-state index in [0.717, 1.165) is 6.54 Å². The first-order valence-corrected chi connectivity index (χ1v) is 6.79. The van der Waals surface area contributed by atoms with Crippen LogP contribution in [0.15, 0.2) is 12.4 Å². The first kappa shape index (κ1) is 13.3. The van der Waals surface area contributed by atoms with Crippen LogP contribution < -0.4 is 4.57 Å². The average molecular weight is 223 g/mol. The van der Waals surface area contributed by atoms with Crippen molar-refractivity contribution in [1.82, 2.24) is 4.57 Å². The lowest BCUT2D eigenvalue weighted by Crippen LogP contribution is -2.37. The highest BCUT2D eigenvalue weighted by Gasteiger charge is 2.17. The average Bonchev–Trinajstić information content (AvgIpc) is 2.63. The van der Waals surface area contributed by atoms with Crippen molar-refractivity contribution in [2.75, 3.05) is 0 Å². The Hall–Kier alpha value is -0.790. The van der Waals surface area contributed by atoms with Crippen LogP contribution in [0, 0.1) is 0 Å². The van der Waals surface area contributed by atoms with Gasteiger partial charge in [0.25, 0.3) is 5.82 Å². The Balaban J connectivity index is 2.77. The minimum Gasteiger partial charge on any atom is -0.234 e. The van der Waals surface area contributed by atoms with Gasteiger partial charge in [-0.25, -0.2) is 9.13 Å². The Kier molecular flexibility index (Phi) is 5.58. The second kappa shape index (κ2) is 6.72. The van der Waals surface area contributed by atoms with Gasteiger partial charge in [0.2, 0.25) is 0 Å². The van der Waals surface area contributed by atoms with Gasteiger partial charge < -0.3 is 0 Å². The zero-order chi connectivity index (χ0) is 12.0. The van der Waals surface area contributed by atoms with E-state index in [9.17, 15) is 0 Å². The molecule has 1 heterocycles. The fourth-order valence-corrected chi connectivity index (χ4v) is 2.19. The van der Waals surface area contributed by atoms with E-state index < -0.39 is 0 Å². The van der Waals surface area contributed by atoms with Crippen LogP contribution in [0.25, 0.3) is 0 Å². The van der Waals surface area contributed by atoms with Gasteiger partial charge in [-0.05, 0) is 26.7 Å². The van der Waals surface area contributed by atoms with Crippen molar-refractivity contribution in [3.05, 3.63) is 18.2 Å². The first-order valence-electron chi connectivity index (χ1n) is 6.79. The van der Waals surface area contributed by atoms with Gasteiger partial charge in [-0.1, -0.05) is 26.7 Å². The van der Waals surface area contributed by atoms with E-state index in [4.69, 9.17) is 0 Å². The summed E-state index contributed by atoms with van der Waals surface area (Å²) < 4.78 is 4.85. The molecule has 0 amide bonds. The molecule has 0 aliphatic rings. The van der Waals surface area contributed by atoms with Crippen LogP contribution >= 0.6 is 0 Å². The van der Waals surface area contributed by atoms with Crippen molar-refractivity contribution in [2.24, 2.45) is 0 Å². The standard InChI is InChI=1S/C14H27N2/c1-5-7-8-9-14-15(10-6-2)11-12-16(14)13(3)4/h11-13H,5-10H2,1-4H3/q+1. The summed E-state index contributed by atoms with van der Waals surface area (Å²) in [5, 5.41) is 0. The molecular weight excluding hydrogens is 196 g/mol. The van der Waals surface area contributed by atoms with Crippen molar-refractivity contribution in [1.29, 1.82) is 0 Å². The van der Waals surface area contributed by atoms with Crippen LogP contribution in [0.2, 0.25) is 0 Å². The molecule has 0 radical (unpaired) electrons. The molecule has 0 bridgehead atoms. The zero-order valence-corrected chi connectivity index (χ0v) is 11.4. The predicted molar refractivity (Wildman–Crippen MR) is 68.5 cm³/mol. The van der Waals surface area contributed by atoms with Gasteiger partial charge in [0, 0.05) is 6.42 Å². The largest absolute Gasteiger partial charge is 0.256 e. The van der Waals surface area contributed by atoms with Gasteiger partial charge in [-0.15, -0.1) is 0 Å². The van der Waals surface area contributed by atoms with Crippen molar-refractivity contribution in [3.8, 4) is 0 Å². The number of unbranched alkanes of at least 4 members (excludes halogenated alkanes) is 2. The molecule has 1 aromatic heterocycles. The summed E-state index contributed by atoms with van der Waals surface area (Å²) in [5.41, 5.74) is 0. The van der Waals surface area contributed by atoms with Crippen molar-refractivity contribution in [3.63, 3.8) is 0 Å². The SMILES string of the molecule is CCCCCc1n(C(C)C)cc[n+]1CCC. The monoisotopic (exact) mass is 223 g/mol. The summed E-state index contributed by atoms with van der Waals surface area (Å²) in [4.78, 5) is 0. The predicted octanol–water partition coefficient (Wildman–Crippen LogP) is 3.50. The Morgan fingerprint density at radius 1 is 1.19 bits per heavy atom. The number of hydrogen-bond donors (Lipinski definition) is 0. The highest BCUT2D eigenvalue weighted by molar-refractivity contribution is 4.86. The fraction of sp³-hybridized carbons (Fsp3) is 0.786. The third-order valence-electron chi connectivity index (χ3n) is 3.06. The Morgan fingerprint density at radius 2 is 1.94 bits per heavy atom. The minimum atomic E-state index is 0.578. The summed E-state index contributed by atoms with van der Waals surface area (Å²) in [6.07, 6.45) is 10.9. The molecule has 1 rings (SSSR count). The molecule has 16 heavy (non-hydrogen) atoms. The number of nitrogens with zero attached hydrogens (tertiary/aromatic N) is 2. The van der Waals surface area contributed by atoms with Crippen LogP contribution in [0.3, 0.4) is 0 Å². The van der Waals surface area contributed by atoms with Crippen LogP contribution in [0.1, 0.15) is 65.2 Å². The number of rotatable bonds is 7. The second-order valence-electron chi connectivity index (χ2n) is 4.87. The summed E-state index contributed by atoms with van der Waals surface area (Å²) in [6, 6.07) is 0.578. The van der Waals surface area contributed by atoms with Crippen molar-refractivity contribution < 1.29 is 4.57 Å². The van der Waals surface area contributed by atoms with Crippen molar-refractivity contribution in [2.45, 2.75) is 72.4 Å². The van der Waals surface area contributed by atoms with Gasteiger partial charge in [0.1, 0.15) is 12.4 Å². The molecule has 0 fully saturated rings. The van der Waals surface area contributed by atoms with E-state index >= 15 is 0 Å². The fourth-order valence-electron chi connectivity index (χ4n) is 2.19. The lowest BCUT2D eigenvalue weighted by atomic mass is 10.2. The highest BCUT2D eigenvalue weighted by atomic mass is 15.2. The Bertz CT molecular complexity index is 300. The maximum atomic E-state index is 2.43. The van der Waals surface area contributed by atoms with Gasteiger partial charge in [-0.2, -0.15) is 0 Å². The lowest BCUT2D eigenvalue weighted by Gasteiger charge is -2.07. The molecule has 0 spiro atoms. The normalized spacial score (nSPS) is 11.3. The molecule has 0 saturated carbocycles. The second-order valence-corrected chi connectivity index (χ2v) is 4.87. The highest BCUT2D eigenvalue weighted by Crippen LogP contribution is 2.10. The maximum absolute atomic E-state index is 2.43. The number of aromatic nitrogens is 2. The maximum Gasteiger partial charge on any atom is 0.256 e. The van der Waals surface area contributed by atoms with Gasteiger partial charge in [0.15, 0.2) is 0 Å². The van der Waals surface area contributed by atoms with Gasteiger partial charge in [0.05, 0.1) is 12.6 Å². The molecule has 0 saturated heterocycles. The molecule has 0 N–H and O–H groups in total. The Morgan fingerprint density at radius 3 is 2.50 bits per heavy atom. The van der Waals surface area contributed by atoms with Crippen molar-refractivity contribution >= 4 is 0 Å². The molecule has 2 nitrogen and oxygen atoms in total. The molecule has 0 aliphatic carbocycles. The molecule has 0 atom stereocenters. The molecule has 92 valence electrons. The third-order valence-corrected chi connectivity index (χ3v) is 3.06. The van der Waals surface area contributed by atoms with E-state index in [1.807, 2.05) is 0 Å². The molecule has 0 unspecified atom stereocenters. The van der Waals surface area contributed by atoms with Crippen LogP contribution in [0.5, 0.6) is 0 Å². The first-order chi connectivity index (χ1) is 7.70. The smallest absolute Gasteiger partial charge is 0.234 e. The molecule has 1 aromatic rings. The quantitative estimate of drug-likeness (QED) is 0.494. The number of aryl methyl sites for hydroxylation is 1. The van der Waals surface area contributed by atoms with E-state index in [2.05, 4.69) is 49.2 Å². The molecular formula is C14H27N2+. The Labute approximate surface area is 100 Å². The van der Waals surface area contributed by atoms with E-state index in [0.29, 0.717) is 6.04 Å². The van der Waals surface area contributed by atoms with Crippen LogP contribution in [-0.4, -0.2) is 4.57 Å². The van der Waals surface area contributed by atoms with Crippen LogP contribution in [0.4, 0.5) is 0 Å². The molecule has 0 aromatic carbocycles. The van der Waals surface area contributed by atoms with Gasteiger partial charge >= 0.3 is 0 Å². The molecule has 2 heteroatoms.